The average Bonchev–Trinajstić information content (AvgIpc) is 2.39. The smallest absolute Gasteiger partial charge is 0.157 e. The number of hydrogen-bond acceptors (Lipinski definition) is 2. The number of aliphatic imine (C=N–C) groups is 1. The van der Waals surface area contributed by atoms with E-state index in [4.69, 9.17) is 0 Å². The first kappa shape index (κ1) is 9.08. The second-order valence-electron chi connectivity index (χ2n) is 3.74. The van der Waals surface area contributed by atoms with E-state index in [0.29, 0.717) is 0 Å². The Morgan fingerprint density at radius 1 is 1.19 bits per heavy atom. The zero-order valence-electron chi connectivity index (χ0n) is 8.77. The second-order valence-corrected chi connectivity index (χ2v) is 3.74. The molecule has 2 aliphatic rings. The molecule has 0 aromatic heterocycles. The van der Waals surface area contributed by atoms with E-state index in [1.807, 2.05) is 36.4 Å². The molecule has 1 heterocycles. The third-order valence-corrected chi connectivity index (χ3v) is 2.66. The number of amidine groups is 1. The Morgan fingerprint density at radius 3 is 2.94 bits per heavy atom. The van der Waals surface area contributed by atoms with Gasteiger partial charge in [0.15, 0.2) is 5.70 Å². The standard InChI is InChI=1S/C14H11N2/c1-2-6-11(7-3-1)14-15-10-12-8-4-5-9-13(12)16-14/h1-4,6-9H,10H2,(H,15,16)/q+1. The molecule has 0 radical (unpaired) electrons. The summed E-state index contributed by atoms with van der Waals surface area (Å²) in [5.41, 5.74) is 3.45. The summed E-state index contributed by atoms with van der Waals surface area (Å²) in [5, 5.41) is 3.33. The minimum absolute atomic E-state index is 0.737. The number of nitrogens with one attached hydrogen (secondary N) is 1. The minimum atomic E-state index is 0.737. The number of nitrogens with zero attached hydrogens (tertiary/aromatic N) is 1. The highest BCUT2D eigenvalue weighted by Gasteiger charge is 2.20. The molecule has 1 aliphatic carbocycles. The third kappa shape index (κ3) is 1.56. The lowest BCUT2D eigenvalue weighted by Crippen LogP contribution is -2.29. The van der Waals surface area contributed by atoms with Crippen LogP contribution in [0.15, 0.2) is 64.8 Å². The van der Waals surface area contributed by atoms with Gasteiger partial charge in [0.1, 0.15) is 23.6 Å². The Morgan fingerprint density at radius 2 is 2.06 bits per heavy atom. The van der Waals surface area contributed by atoms with Crippen molar-refractivity contribution >= 4 is 5.84 Å². The van der Waals surface area contributed by atoms with Crippen LogP contribution in [0, 0.1) is 6.08 Å². The Balaban J connectivity index is 1.90. The van der Waals surface area contributed by atoms with Gasteiger partial charge in [-0.05, 0) is 0 Å². The third-order valence-electron chi connectivity index (χ3n) is 2.66. The molecule has 2 heteroatoms. The molecule has 0 saturated carbocycles. The van der Waals surface area contributed by atoms with E-state index < -0.39 is 0 Å². The van der Waals surface area contributed by atoms with Crippen LogP contribution < -0.4 is 5.32 Å². The first-order chi connectivity index (χ1) is 7.93. The lowest BCUT2D eigenvalue weighted by molar-refractivity contribution is 1.00. The van der Waals surface area contributed by atoms with E-state index in [9.17, 15) is 0 Å². The Kier molecular flexibility index (Phi) is 2.13. The molecule has 0 atom stereocenters. The predicted molar refractivity (Wildman–Crippen MR) is 65.0 cm³/mol. The van der Waals surface area contributed by atoms with Crippen molar-refractivity contribution in [3.63, 3.8) is 0 Å². The van der Waals surface area contributed by atoms with Crippen molar-refractivity contribution < 1.29 is 0 Å². The molecule has 1 N–H and O–H groups in total. The van der Waals surface area contributed by atoms with Crippen molar-refractivity contribution in [2.24, 2.45) is 4.99 Å². The fourth-order valence-electron chi connectivity index (χ4n) is 1.81. The van der Waals surface area contributed by atoms with Crippen LogP contribution in [0.2, 0.25) is 0 Å². The second kappa shape index (κ2) is 3.76. The maximum atomic E-state index is 4.53. The van der Waals surface area contributed by atoms with Gasteiger partial charge < -0.3 is 0 Å². The van der Waals surface area contributed by atoms with Gasteiger partial charge in [0, 0.05) is 11.6 Å². The molecule has 76 valence electrons. The Labute approximate surface area is 94.7 Å². The van der Waals surface area contributed by atoms with Crippen LogP contribution in [-0.4, -0.2) is 12.4 Å². The maximum absolute atomic E-state index is 4.53. The number of hydrogen-bond donors (Lipinski definition) is 1. The van der Waals surface area contributed by atoms with Crippen LogP contribution in [0.1, 0.15) is 5.56 Å². The molecule has 1 aliphatic heterocycles. The zero-order chi connectivity index (χ0) is 10.8. The van der Waals surface area contributed by atoms with E-state index in [1.165, 1.54) is 5.57 Å². The molecule has 1 aromatic carbocycles. The van der Waals surface area contributed by atoms with Crippen LogP contribution in [-0.2, 0) is 0 Å². The first-order valence-corrected chi connectivity index (χ1v) is 5.29. The van der Waals surface area contributed by atoms with E-state index in [1.54, 1.807) is 0 Å². The van der Waals surface area contributed by atoms with Gasteiger partial charge in [-0.2, -0.15) is 0 Å². The number of allylic oxidation sites excluding steroid dienone is 3. The summed E-state index contributed by atoms with van der Waals surface area (Å²) in [4.78, 5) is 4.53. The highest BCUT2D eigenvalue weighted by molar-refractivity contribution is 6.00. The summed E-state index contributed by atoms with van der Waals surface area (Å²) in [6, 6.07) is 10.2. The van der Waals surface area contributed by atoms with Crippen LogP contribution >= 0.6 is 0 Å². The summed E-state index contributed by atoms with van der Waals surface area (Å²) in [6.45, 7) is 0.737. The molecule has 1 aromatic rings. The first-order valence-electron chi connectivity index (χ1n) is 5.29. The molecule has 0 amide bonds. The molecule has 3 rings (SSSR count). The van der Waals surface area contributed by atoms with Gasteiger partial charge in [0.05, 0.1) is 12.6 Å². The normalized spacial score (nSPS) is 17.4. The Hall–Kier alpha value is -2.18. The summed E-state index contributed by atoms with van der Waals surface area (Å²) >= 11 is 0. The summed E-state index contributed by atoms with van der Waals surface area (Å²) < 4.78 is 0. The van der Waals surface area contributed by atoms with Crippen molar-refractivity contribution in [1.82, 2.24) is 5.32 Å². The van der Waals surface area contributed by atoms with Crippen LogP contribution in [0.25, 0.3) is 0 Å². The van der Waals surface area contributed by atoms with Gasteiger partial charge in [0.25, 0.3) is 0 Å². The van der Waals surface area contributed by atoms with E-state index in [2.05, 4.69) is 28.5 Å². The molecule has 0 bridgehead atoms. The van der Waals surface area contributed by atoms with Crippen molar-refractivity contribution in [3.8, 4) is 0 Å². The number of benzene rings is 1. The van der Waals surface area contributed by atoms with Gasteiger partial charge in [-0.15, -0.1) is 0 Å². The molecule has 0 unspecified atom stereocenters. The summed E-state index contributed by atoms with van der Waals surface area (Å²) in [6.07, 6.45) is 9.01. The van der Waals surface area contributed by atoms with Gasteiger partial charge in [-0.1, -0.05) is 30.3 Å². The van der Waals surface area contributed by atoms with Crippen molar-refractivity contribution in [3.05, 3.63) is 71.5 Å². The molecule has 0 fully saturated rings. The molecular weight excluding hydrogens is 196 g/mol. The van der Waals surface area contributed by atoms with Gasteiger partial charge in [0.2, 0.25) is 0 Å². The highest BCUT2D eigenvalue weighted by atomic mass is 15.0. The topological polar surface area (TPSA) is 24.4 Å². The molecule has 16 heavy (non-hydrogen) atoms. The lowest BCUT2D eigenvalue weighted by atomic mass is 10.1. The number of rotatable bonds is 1. The van der Waals surface area contributed by atoms with E-state index in [0.717, 1.165) is 23.6 Å². The predicted octanol–water partition coefficient (Wildman–Crippen LogP) is 2.22. The van der Waals surface area contributed by atoms with E-state index in [-0.39, 0.29) is 0 Å². The van der Waals surface area contributed by atoms with Crippen molar-refractivity contribution in [2.75, 3.05) is 6.54 Å². The quantitative estimate of drug-likeness (QED) is 0.701. The maximum Gasteiger partial charge on any atom is 0.157 e. The molecular formula is C14H11N2+. The van der Waals surface area contributed by atoms with Crippen molar-refractivity contribution in [2.45, 2.75) is 0 Å². The minimum Gasteiger partial charge on any atom is -0.285 e. The average molecular weight is 207 g/mol. The van der Waals surface area contributed by atoms with Crippen LogP contribution in [0.4, 0.5) is 0 Å². The summed E-state index contributed by atoms with van der Waals surface area (Å²) in [5.74, 6) is 0.938. The molecule has 2 nitrogen and oxygen atoms in total. The monoisotopic (exact) mass is 207 g/mol. The lowest BCUT2D eigenvalue weighted by Gasteiger charge is -2.14. The summed E-state index contributed by atoms with van der Waals surface area (Å²) in [7, 11) is 0. The fourth-order valence-corrected chi connectivity index (χ4v) is 1.81. The van der Waals surface area contributed by atoms with Crippen molar-refractivity contribution in [1.29, 1.82) is 0 Å². The SMILES string of the molecule is [C+]1=CC2=C(C=C1)CN=C(c1ccccc1)N2. The zero-order valence-corrected chi connectivity index (χ0v) is 8.77. The van der Waals surface area contributed by atoms with E-state index >= 15 is 0 Å². The van der Waals surface area contributed by atoms with Gasteiger partial charge >= 0.3 is 0 Å². The highest BCUT2D eigenvalue weighted by Crippen LogP contribution is 2.16. The van der Waals surface area contributed by atoms with Gasteiger partial charge in [-0.3, -0.25) is 10.3 Å². The van der Waals surface area contributed by atoms with Gasteiger partial charge in [-0.25, -0.2) is 0 Å². The molecule has 0 saturated heterocycles. The molecule has 0 spiro atoms. The van der Waals surface area contributed by atoms with Crippen LogP contribution in [0.3, 0.4) is 0 Å². The fraction of sp³-hybridized carbons (Fsp3) is 0.0714. The Bertz CT molecular complexity index is 519. The largest absolute Gasteiger partial charge is 0.285 e. The van der Waals surface area contributed by atoms with Crippen LogP contribution in [0.5, 0.6) is 0 Å².